The number of amides is 3. The van der Waals surface area contributed by atoms with Crippen molar-refractivity contribution in [2.75, 3.05) is 42.8 Å². The number of hydrogen-bond acceptors (Lipinski definition) is 7. The average Bonchev–Trinajstić information content (AvgIpc) is 3.15. The fourth-order valence-electron chi connectivity index (χ4n) is 3.62. The van der Waals surface area contributed by atoms with Gasteiger partial charge in [0.15, 0.2) is 0 Å². The minimum atomic E-state index is -0.403. The summed E-state index contributed by atoms with van der Waals surface area (Å²) in [5.74, 6) is -0.408. The number of fused-ring (bicyclic) bond motifs is 3. The maximum atomic E-state index is 13.1. The summed E-state index contributed by atoms with van der Waals surface area (Å²) in [6, 6.07) is 10.3. The van der Waals surface area contributed by atoms with Gasteiger partial charge in [0.2, 0.25) is 5.91 Å². The predicted octanol–water partition coefficient (Wildman–Crippen LogP) is 3.85. The molecule has 1 aliphatic heterocycles. The van der Waals surface area contributed by atoms with E-state index in [-0.39, 0.29) is 17.9 Å². The molecule has 1 atom stereocenters. The van der Waals surface area contributed by atoms with E-state index >= 15 is 0 Å². The van der Waals surface area contributed by atoms with E-state index in [1.807, 2.05) is 13.0 Å². The van der Waals surface area contributed by atoms with E-state index in [4.69, 9.17) is 9.47 Å². The van der Waals surface area contributed by atoms with Gasteiger partial charge in [-0.3, -0.25) is 14.4 Å². The van der Waals surface area contributed by atoms with Gasteiger partial charge in [0.25, 0.3) is 11.8 Å². The molecule has 0 spiro atoms. The monoisotopic (exact) mass is 494 g/mol. The maximum Gasteiger partial charge on any atom is 0.263 e. The summed E-state index contributed by atoms with van der Waals surface area (Å²) in [7, 11) is 1.57. The quantitative estimate of drug-likeness (QED) is 0.279. The van der Waals surface area contributed by atoms with Crippen molar-refractivity contribution in [3.63, 3.8) is 0 Å². The first-order chi connectivity index (χ1) is 16.9. The lowest BCUT2D eigenvalue weighted by molar-refractivity contribution is -0.111. The molecular formula is C25H26N4O5S. The summed E-state index contributed by atoms with van der Waals surface area (Å²) in [5, 5.41) is 12.6. The van der Waals surface area contributed by atoms with Gasteiger partial charge in [-0.1, -0.05) is 6.58 Å². The zero-order chi connectivity index (χ0) is 24.9. The Labute approximate surface area is 206 Å². The third-order valence-corrected chi connectivity index (χ3v) is 6.51. The highest BCUT2D eigenvalue weighted by atomic mass is 32.1. The highest BCUT2D eigenvalue weighted by Gasteiger charge is 2.24. The summed E-state index contributed by atoms with van der Waals surface area (Å²) in [6.07, 6.45) is 1.15. The molecule has 3 aromatic rings. The third kappa shape index (κ3) is 5.44. The molecule has 35 heavy (non-hydrogen) atoms. The number of carbonyl (C=O) groups is 3. The first-order valence-corrected chi connectivity index (χ1v) is 11.8. The van der Waals surface area contributed by atoms with Crippen LogP contribution < -0.4 is 26.0 Å². The lowest BCUT2D eigenvalue weighted by atomic mass is 10.1. The van der Waals surface area contributed by atoms with Crippen LogP contribution in [0.4, 0.5) is 17.1 Å². The molecule has 0 saturated carbocycles. The van der Waals surface area contributed by atoms with Crippen molar-refractivity contribution in [2.45, 2.75) is 13.0 Å². The van der Waals surface area contributed by atoms with Gasteiger partial charge in [0.05, 0.1) is 18.0 Å². The second-order valence-corrected chi connectivity index (χ2v) is 9.02. The SMILES string of the molecule is C=CC(=O)Nc1cc(NC(=O)c2ccc3sc4c(c3c2)NC[C@@H](C)NC4=O)ccc1OCCOC. The first-order valence-electron chi connectivity index (χ1n) is 11.0. The standard InChI is InChI=1S/C25H26N4O5S/c1-4-21(30)29-18-12-16(6-7-19(18)34-10-9-33-3)28-24(31)15-5-8-20-17(11-15)22-23(35-20)25(32)27-14(2)13-26-22/h4-8,11-12,14,26H,1,9-10,13H2,2-3H3,(H,27,32)(H,28,31)(H,29,30)/t14-/m1/s1. The van der Waals surface area contributed by atoms with Crippen molar-refractivity contribution in [3.8, 4) is 5.75 Å². The molecule has 2 heterocycles. The van der Waals surface area contributed by atoms with Gasteiger partial charge in [0.1, 0.15) is 17.2 Å². The van der Waals surface area contributed by atoms with Crippen LogP contribution in [-0.4, -0.2) is 50.6 Å². The predicted molar refractivity (Wildman–Crippen MR) is 138 cm³/mol. The molecule has 1 aliphatic rings. The number of nitrogens with one attached hydrogen (secondary N) is 4. The van der Waals surface area contributed by atoms with Crippen LogP contribution in [0, 0.1) is 0 Å². The molecule has 1 aromatic heterocycles. The Balaban J connectivity index is 1.58. The molecule has 0 saturated heterocycles. The van der Waals surface area contributed by atoms with Crippen molar-refractivity contribution in [1.29, 1.82) is 0 Å². The number of ether oxygens (including phenoxy) is 2. The topological polar surface area (TPSA) is 118 Å². The van der Waals surface area contributed by atoms with Crippen LogP contribution >= 0.6 is 11.3 Å². The summed E-state index contributed by atoms with van der Waals surface area (Å²) in [4.78, 5) is 38.0. The van der Waals surface area contributed by atoms with Crippen LogP contribution in [0.1, 0.15) is 27.0 Å². The lowest BCUT2D eigenvalue weighted by Gasteiger charge is -2.14. The van der Waals surface area contributed by atoms with Gasteiger partial charge < -0.3 is 30.7 Å². The smallest absolute Gasteiger partial charge is 0.263 e. The van der Waals surface area contributed by atoms with Gasteiger partial charge in [-0.25, -0.2) is 0 Å². The normalized spacial score (nSPS) is 14.8. The summed E-state index contributed by atoms with van der Waals surface area (Å²) >= 11 is 1.39. The van der Waals surface area contributed by atoms with E-state index in [0.717, 1.165) is 21.8 Å². The molecule has 0 fully saturated rings. The molecule has 0 aliphatic carbocycles. The zero-order valence-electron chi connectivity index (χ0n) is 19.4. The molecule has 4 N–H and O–H groups in total. The van der Waals surface area contributed by atoms with Crippen molar-refractivity contribution in [1.82, 2.24) is 5.32 Å². The summed E-state index contributed by atoms with van der Waals surface area (Å²) in [5.41, 5.74) is 2.05. The Kier molecular flexibility index (Phi) is 7.33. The first kappa shape index (κ1) is 24.2. The van der Waals surface area contributed by atoms with Gasteiger partial charge in [0, 0.05) is 41.0 Å². The fourth-order valence-corrected chi connectivity index (χ4v) is 4.69. The molecule has 182 valence electrons. The minimum absolute atomic E-state index is 0.000794. The number of benzene rings is 2. The number of methoxy groups -OCH3 is 1. The minimum Gasteiger partial charge on any atom is -0.489 e. The van der Waals surface area contributed by atoms with E-state index < -0.39 is 5.91 Å². The van der Waals surface area contributed by atoms with Crippen molar-refractivity contribution in [2.24, 2.45) is 0 Å². The number of hydrogen-bond donors (Lipinski definition) is 4. The molecule has 10 heteroatoms. The van der Waals surface area contributed by atoms with Gasteiger partial charge in [-0.15, -0.1) is 11.3 Å². The van der Waals surface area contributed by atoms with Crippen LogP contribution in [0.25, 0.3) is 10.1 Å². The Hall–Kier alpha value is -3.89. The molecule has 2 aromatic carbocycles. The van der Waals surface area contributed by atoms with Crippen LogP contribution in [0.2, 0.25) is 0 Å². The lowest BCUT2D eigenvalue weighted by Crippen LogP contribution is -2.34. The van der Waals surface area contributed by atoms with Crippen molar-refractivity contribution >= 4 is 56.2 Å². The highest BCUT2D eigenvalue weighted by Crippen LogP contribution is 2.37. The van der Waals surface area contributed by atoms with E-state index in [0.29, 0.717) is 47.3 Å². The summed E-state index contributed by atoms with van der Waals surface area (Å²) in [6.45, 7) is 6.68. The van der Waals surface area contributed by atoms with Gasteiger partial charge in [-0.05, 0) is 49.4 Å². The van der Waals surface area contributed by atoms with Crippen LogP contribution in [-0.2, 0) is 9.53 Å². The average molecular weight is 495 g/mol. The van der Waals surface area contributed by atoms with Crippen LogP contribution in [0.15, 0.2) is 49.1 Å². The van der Waals surface area contributed by atoms with Crippen molar-refractivity contribution in [3.05, 3.63) is 59.5 Å². The molecule has 0 unspecified atom stereocenters. The van der Waals surface area contributed by atoms with Gasteiger partial charge >= 0.3 is 0 Å². The molecule has 4 rings (SSSR count). The number of rotatable bonds is 8. The molecule has 9 nitrogen and oxygen atoms in total. The molecular weight excluding hydrogens is 468 g/mol. The summed E-state index contributed by atoms with van der Waals surface area (Å²) < 4.78 is 11.6. The highest BCUT2D eigenvalue weighted by molar-refractivity contribution is 7.21. The Bertz CT molecular complexity index is 1300. The van der Waals surface area contributed by atoms with E-state index in [1.165, 1.54) is 11.3 Å². The Morgan fingerprint density at radius 2 is 2.03 bits per heavy atom. The molecule has 0 radical (unpaired) electrons. The Morgan fingerprint density at radius 3 is 2.80 bits per heavy atom. The van der Waals surface area contributed by atoms with Crippen LogP contribution in [0.5, 0.6) is 5.75 Å². The van der Waals surface area contributed by atoms with E-state index in [9.17, 15) is 14.4 Å². The molecule has 0 bridgehead atoms. The fraction of sp³-hybridized carbons (Fsp3) is 0.240. The number of thiophene rings is 1. The molecule has 3 amide bonds. The third-order valence-electron chi connectivity index (χ3n) is 5.34. The van der Waals surface area contributed by atoms with E-state index in [2.05, 4.69) is 27.8 Å². The number of anilines is 3. The zero-order valence-corrected chi connectivity index (χ0v) is 20.2. The van der Waals surface area contributed by atoms with Crippen molar-refractivity contribution < 1.29 is 23.9 Å². The second kappa shape index (κ2) is 10.6. The Morgan fingerprint density at radius 1 is 1.20 bits per heavy atom. The largest absolute Gasteiger partial charge is 0.489 e. The number of carbonyl (C=O) groups excluding carboxylic acids is 3. The second-order valence-electron chi connectivity index (χ2n) is 7.97. The van der Waals surface area contributed by atoms with E-state index in [1.54, 1.807) is 37.4 Å². The van der Waals surface area contributed by atoms with Gasteiger partial charge in [-0.2, -0.15) is 0 Å². The van der Waals surface area contributed by atoms with Crippen LogP contribution in [0.3, 0.4) is 0 Å². The maximum absolute atomic E-state index is 13.1.